The molecular formula is C16H21N3. The zero-order valence-electron chi connectivity index (χ0n) is 11.7. The molecule has 0 bridgehead atoms. The SMILES string of the molecule is CC1(C)CCCN(c2ccnc3cc(N)ccc23)C1. The number of nitrogen functional groups attached to an aromatic ring is 1. The van der Waals surface area contributed by atoms with Crippen molar-refractivity contribution in [1.29, 1.82) is 0 Å². The maximum absolute atomic E-state index is 5.84. The molecule has 1 saturated heterocycles. The first-order valence-corrected chi connectivity index (χ1v) is 6.94. The maximum Gasteiger partial charge on any atom is 0.0743 e. The fourth-order valence-electron chi connectivity index (χ4n) is 3.05. The van der Waals surface area contributed by atoms with Crippen molar-refractivity contribution in [2.45, 2.75) is 26.7 Å². The summed E-state index contributed by atoms with van der Waals surface area (Å²) in [5, 5.41) is 1.20. The molecule has 1 aliphatic heterocycles. The van der Waals surface area contributed by atoms with Crippen LogP contribution in [0.2, 0.25) is 0 Å². The van der Waals surface area contributed by atoms with Gasteiger partial charge in [0.2, 0.25) is 0 Å². The van der Waals surface area contributed by atoms with Gasteiger partial charge in [0.25, 0.3) is 0 Å². The van der Waals surface area contributed by atoms with Crippen molar-refractivity contribution in [3.63, 3.8) is 0 Å². The van der Waals surface area contributed by atoms with Crippen molar-refractivity contribution < 1.29 is 0 Å². The van der Waals surface area contributed by atoms with E-state index < -0.39 is 0 Å². The Morgan fingerprint density at radius 2 is 2.11 bits per heavy atom. The quantitative estimate of drug-likeness (QED) is 0.794. The number of fused-ring (bicyclic) bond motifs is 1. The largest absolute Gasteiger partial charge is 0.399 e. The van der Waals surface area contributed by atoms with E-state index in [1.54, 1.807) is 0 Å². The first-order valence-electron chi connectivity index (χ1n) is 6.94. The van der Waals surface area contributed by atoms with Crippen LogP contribution in [0.4, 0.5) is 11.4 Å². The van der Waals surface area contributed by atoms with Crippen LogP contribution < -0.4 is 10.6 Å². The summed E-state index contributed by atoms with van der Waals surface area (Å²) in [5.41, 5.74) is 9.28. The number of aromatic nitrogens is 1. The molecule has 1 aromatic heterocycles. The second-order valence-electron chi connectivity index (χ2n) is 6.30. The summed E-state index contributed by atoms with van der Waals surface area (Å²) in [6.07, 6.45) is 4.45. The predicted octanol–water partition coefficient (Wildman–Crippen LogP) is 3.44. The molecule has 0 saturated carbocycles. The van der Waals surface area contributed by atoms with Crippen LogP contribution in [-0.4, -0.2) is 18.1 Å². The van der Waals surface area contributed by atoms with Gasteiger partial charge in [0.15, 0.2) is 0 Å². The standard InChI is InChI=1S/C16H21N3/c1-16(2)7-3-9-19(11-16)15-6-8-18-14-10-12(17)4-5-13(14)15/h4-6,8,10H,3,7,9,11,17H2,1-2H3. The van der Waals surface area contributed by atoms with Gasteiger partial charge in [0.1, 0.15) is 0 Å². The highest BCUT2D eigenvalue weighted by Crippen LogP contribution is 2.34. The Kier molecular flexibility index (Phi) is 2.85. The topological polar surface area (TPSA) is 42.2 Å². The van der Waals surface area contributed by atoms with E-state index in [-0.39, 0.29) is 0 Å². The van der Waals surface area contributed by atoms with Crippen LogP contribution in [0, 0.1) is 5.41 Å². The molecular weight excluding hydrogens is 234 g/mol. The molecule has 0 unspecified atom stereocenters. The fourth-order valence-corrected chi connectivity index (χ4v) is 3.05. The lowest BCUT2D eigenvalue weighted by Gasteiger charge is -2.39. The Balaban J connectivity index is 2.05. The van der Waals surface area contributed by atoms with E-state index in [0.29, 0.717) is 5.41 Å². The van der Waals surface area contributed by atoms with Gasteiger partial charge < -0.3 is 10.6 Å². The van der Waals surface area contributed by atoms with Gasteiger partial charge in [-0.15, -0.1) is 0 Å². The van der Waals surface area contributed by atoms with Crippen LogP contribution in [0.15, 0.2) is 30.5 Å². The minimum Gasteiger partial charge on any atom is -0.399 e. The third kappa shape index (κ3) is 2.37. The number of benzene rings is 1. The van der Waals surface area contributed by atoms with Crippen molar-refractivity contribution in [1.82, 2.24) is 4.98 Å². The molecule has 0 radical (unpaired) electrons. The second-order valence-corrected chi connectivity index (χ2v) is 6.30. The molecule has 1 fully saturated rings. The Hall–Kier alpha value is -1.77. The summed E-state index contributed by atoms with van der Waals surface area (Å²) >= 11 is 0. The zero-order valence-corrected chi connectivity index (χ0v) is 11.7. The Bertz CT molecular complexity index is 604. The van der Waals surface area contributed by atoms with Crippen LogP contribution in [0.5, 0.6) is 0 Å². The molecule has 3 rings (SSSR count). The number of rotatable bonds is 1. The van der Waals surface area contributed by atoms with Crippen LogP contribution in [0.3, 0.4) is 0 Å². The Morgan fingerprint density at radius 1 is 1.26 bits per heavy atom. The lowest BCUT2D eigenvalue weighted by molar-refractivity contribution is 0.293. The number of anilines is 2. The number of hydrogen-bond donors (Lipinski definition) is 1. The number of nitrogens with two attached hydrogens (primary N) is 1. The van der Waals surface area contributed by atoms with E-state index >= 15 is 0 Å². The number of pyridine rings is 1. The van der Waals surface area contributed by atoms with Crippen LogP contribution >= 0.6 is 0 Å². The van der Waals surface area contributed by atoms with Gasteiger partial charge in [-0.3, -0.25) is 4.98 Å². The molecule has 0 amide bonds. The highest BCUT2D eigenvalue weighted by atomic mass is 15.1. The predicted molar refractivity (Wildman–Crippen MR) is 81.4 cm³/mol. The molecule has 100 valence electrons. The van der Waals surface area contributed by atoms with Crippen molar-refractivity contribution in [2.75, 3.05) is 23.7 Å². The third-order valence-corrected chi connectivity index (χ3v) is 3.98. The van der Waals surface area contributed by atoms with E-state index in [4.69, 9.17) is 5.73 Å². The number of nitrogens with zero attached hydrogens (tertiary/aromatic N) is 2. The first kappa shape index (κ1) is 12.3. The van der Waals surface area contributed by atoms with Gasteiger partial charge in [-0.2, -0.15) is 0 Å². The summed E-state index contributed by atoms with van der Waals surface area (Å²) in [5.74, 6) is 0. The van der Waals surface area contributed by atoms with E-state index in [2.05, 4.69) is 35.9 Å². The summed E-state index contributed by atoms with van der Waals surface area (Å²) in [6.45, 7) is 6.93. The normalized spacial score (nSPS) is 18.7. The lowest BCUT2D eigenvalue weighted by Crippen LogP contribution is -2.40. The average Bonchev–Trinajstić information content (AvgIpc) is 2.36. The molecule has 2 aromatic rings. The molecule has 3 nitrogen and oxygen atoms in total. The van der Waals surface area contributed by atoms with Crippen molar-refractivity contribution >= 4 is 22.3 Å². The van der Waals surface area contributed by atoms with Gasteiger partial charge >= 0.3 is 0 Å². The monoisotopic (exact) mass is 255 g/mol. The summed E-state index contributed by atoms with van der Waals surface area (Å²) in [7, 11) is 0. The number of hydrogen-bond acceptors (Lipinski definition) is 3. The van der Waals surface area contributed by atoms with Crippen LogP contribution in [-0.2, 0) is 0 Å². The minimum atomic E-state index is 0.391. The number of piperidine rings is 1. The second kappa shape index (κ2) is 4.41. The van der Waals surface area contributed by atoms with Gasteiger partial charge in [0.05, 0.1) is 5.52 Å². The summed E-state index contributed by atoms with van der Waals surface area (Å²) in [6, 6.07) is 8.13. The molecule has 1 aromatic carbocycles. The molecule has 3 heteroatoms. The molecule has 2 N–H and O–H groups in total. The van der Waals surface area contributed by atoms with Gasteiger partial charge in [-0.25, -0.2) is 0 Å². The van der Waals surface area contributed by atoms with Gasteiger partial charge in [-0.1, -0.05) is 13.8 Å². The highest BCUT2D eigenvalue weighted by molar-refractivity contribution is 5.93. The third-order valence-electron chi connectivity index (χ3n) is 3.98. The average molecular weight is 255 g/mol. The Labute approximate surface area is 114 Å². The zero-order chi connectivity index (χ0) is 13.5. The van der Waals surface area contributed by atoms with E-state index in [9.17, 15) is 0 Å². The fraction of sp³-hybridized carbons (Fsp3) is 0.438. The minimum absolute atomic E-state index is 0.391. The van der Waals surface area contributed by atoms with Crippen LogP contribution in [0.1, 0.15) is 26.7 Å². The van der Waals surface area contributed by atoms with Crippen LogP contribution in [0.25, 0.3) is 10.9 Å². The molecule has 19 heavy (non-hydrogen) atoms. The smallest absolute Gasteiger partial charge is 0.0743 e. The molecule has 0 spiro atoms. The van der Waals surface area contributed by atoms with E-state index in [1.165, 1.54) is 23.9 Å². The van der Waals surface area contributed by atoms with Crippen molar-refractivity contribution in [3.8, 4) is 0 Å². The molecule has 0 aliphatic carbocycles. The van der Waals surface area contributed by atoms with Crippen molar-refractivity contribution in [2.24, 2.45) is 5.41 Å². The molecule has 0 atom stereocenters. The maximum atomic E-state index is 5.84. The van der Waals surface area contributed by atoms with E-state index in [0.717, 1.165) is 24.3 Å². The van der Waals surface area contributed by atoms with Gasteiger partial charge in [-0.05, 0) is 42.5 Å². The van der Waals surface area contributed by atoms with E-state index in [1.807, 2.05) is 18.3 Å². The lowest BCUT2D eigenvalue weighted by atomic mass is 9.84. The molecule has 1 aliphatic rings. The summed E-state index contributed by atoms with van der Waals surface area (Å²) in [4.78, 5) is 6.92. The first-order chi connectivity index (χ1) is 9.05. The van der Waals surface area contributed by atoms with Crippen molar-refractivity contribution in [3.05, 3.63) is 30.5 Å². The molecule has 2 heterocycles. The summed E-state index contributed by atoms with van der Waals surface area (Å²) < 4.78 is 0. The van der Waals surface area contributed by atoms with Gasteiger partial charge in [0, 0.05) is 36.0 Å². The Morgan fingerprint density at radius 3 is 2.89 bits per heavy atom. The highest BCUT2D eigenvalue weighted by Gasteiger charge is 2.27.